The second-order valence-electron chi connectivity index (χ2n) is 9.39. The Kier molecular flexibility index (Phi) is 4.39. The largest absolute Gasteiger partial charge is 0.497 e. The van der Waals surface area contributed by atoms with Gasteiger partial charge in [0.05, 0.1) is 7.11 Å². The Labute approximate surface area is 169 Å². The highest BCUT2D eigenvalue weighted by Gasteiger charge is 2.48. The first kappa shape index (κ1) is 18.1. The lowest BCUT2D eigenvalue weighted by atomic mass is 9.59. The lowest BCUT2D eigenvalue weighted by Crippen LogP contribution is -2.58. The number of nitrogens with one attached hydrogen (secondary N) is 1. The highest BCUT2D eigenvalue weighted by atomic mass is 16.5. The average Bonchev–Trinajstić information content (AvgIpc) is 3.52. The number of likely N-dealkylation sites (tertiary alicyclic amines) is 1. The number of fused-ring (bicyclic) bond motifs is 4. The van der Waals surface area contributed by atoms with Gasteiger partial charge < -0.3 is 10.1 Å². The number of ether oxygens (including phenoxy) is 1. The molecular weight excluding hydrogens is 344 g/mol. The Bertz CT molecular complexity index is 857. The minimum Gasteiger partial charge on any atom is -0.497 e. The zero-order valence-electron chi connectivity index (χ0n) is 17.4. The number of nitrogens with zero attached hydrogens (tertiary/aromatic N) is 1. The molecule has 0 unspecified atom stereocenters. The second kappa shape index (κ2) is 6.81. The Hall–Kier alpha value is -2.00. The van der Waals surface area contributed by atoms with Gasteiger partial charge in [-0.05, 0) is 97.0 Å². The van der Waals surface area contributed by atoms with Crippen LogP contribution in [0.4, 0.5) is 11.4 Å². The molecule has 1 heterocycles. The van der Waals surface area contributed by atoms with Gasteiger partial charge in [0, 0.05) is 24.0 Å². The fraction of sp³-hybridized carbons (Fsp3) is 0.520. The molecule has 28 heavy (non-hydrogen) atoms. The number of benzene rings is 2. The SMILES string of the molecule is COc1ccc(Nc2ccc3c(c2)[C@]2(C)CCN(CC4CC4)[C@H](C3)[C@@H]2C)cc1. The number of anilines is 2. The van der Waals surface area contributed by atoms with E-state index in [0.29, 0.717) is 12.0 Å². The van der Waals surface area contributed by atoms with Crippen molar-refractivity contribution in [2.24, 2.45) is 11.8 Å². The van der Waals surface area contributed by atoms with Crippen LogP contribution in [0.3, 0.4) is 0 Å². The van der Waals surface area contributed by atoms with Crippen molar-refractivity contribution in [1.29, 1.82) is 0 Å². The van der Waals surface area contributed by atoms with Gasteiger partial charge in [-0.15, -0.1) is 0 Å². The molecule has 3 aliphatic rings. The van der Waals surface area contributed by atoms with Crippen molar-refractivity contribution in [3.63, 3.8) is 0 Å². The number of rotatable bonds is 5. The van der Waals surface area contributed by atoms with Gasteiger partial charge in [-0.2, -0.15) is 0 Å². The second-order valence-corrected chi connectivity index (χ2v) is 9.39. The molecule has 0 spiro atoms. The molecule has 1 saturated heterocycles. The number of methoxy groups -OCH3 is 1. The Balaban J connectivity index is 1.41. The molecule has 1 aliphatic heterocycles. The molecule has 2 aromatic rings. The van der Waals surface area contributed by atoms with Crippen molar-refractivity contribution in [3.8, 4) is 5.75 Å². The maximum Gasteiger partial charge on any atom is 0.119 e. The summed E-state index contributed by atoms with van der Waals surface area (Å²) in [5.74, 6) is 2.58. The summed E-state index contributed by atoms with van der Waals surface area (Å²) >= 11 is 0. The summed E-state index contributed by atoms with van der Waals surface area (Å²) in [5.41, 5.74) is 5.71. The highest BCUT2D eigenvalue weighted by Crippen LogP contribution is 2.50. The summed E-state index contributed by atoms with van der Waals surface area (Å²) in [4.78, 5) is 2.82. The van der Waals surface area contributed by atoms with Crippen molar-refractivity contribution in [2.45, 2.75) is 51.0 Å². The molecule has 3 atom stereocenters. The van der Waals surface area contributed by atoms with Crippen molar-refractivity contribution >= 4 is 11.4 Å². The van der Waals surface area contributed by atoms with Gasteiger partial charge in [0.2, 0.25) is 0 Å². The number of piperidine rings is 1. The lowest BCUT2D eigenvalue weighted by molar-refractivity contribution is 0.0284. The Morgan fingerprint density at radius 1 is 1.11 bits per heavy atom. The maximum atomic E-state index is 5.27. The van der Waals surface area contributed by atoms with Crippen molar-refractivity contribution < 1.29 is 4.74 Å². The van der Waals surface area contributed by atoms with Crippen LogP contribution in [0.2, 0.25) is 0 Å². The molecular formula is C25H32N2O. The number of hydrogen-bond acceptors (Lipinski definition) is 3. The molecule has 3 heteroatoms. The van der Waals surface area contributed by atoms with Crippen LogP contribution in [0.1, 0.15) is 44.2 Å². The standard InChI is InChI=1S/C25H32N2O/c1-17-24-14-19-6-7-21(26-20-8-10-22(28-3)11-9-20)15-23(19)25(17,2)12-13-27(24)16-18-4-5-18/h6-11,15,17-18,24,26H,4-5,12-14,16H2,1-3H3/t17-,24+,25+/m0/s1. The van der Waals surface area contributed by atoms with E-state index in [9.17, 15) is 0 Å². The van der Waals surface area contributed by atoms with E-state index >= 15 is 0 Å². The third-order valence-corrected chi connectivity index (χ3v) is 7.69. The van der Waals surface area contributed by atoms with Crippen LogP contribution in [0.15, 0.2) is 42.5 Å². The molecule has 5 rings (SSSR count). The first-order valence-electron chi connectivity index (χ1n) is 10.9. The summed E-state index contributed by atoms with van der Waals surface area (Å²) in [6, 6.07) is 15.9. The summed E-state index contributed by atoms with van der Waals surface area (Å²) in [5, 5.41) is 3.59. The van der Waals surface area contributed by atoms with E-state index < -0.39 is 0 Å². The fourth-order valence-corrected chi connectivity index (χ4v) is 5.48. The predicted octanol–water partition coefficient (Wildman–Crippen LogP) is 5.37. The topological polar surface area (TPSA) is 24.5 Å². The van der Waals surface area contributed by atoms with Gasteiger partial charge in [-0.1, -0.05) is 19.9 Å². The number of hydrogen-bond donors (Lipinski definition) is 1. The third-order valence-electron chi connectivity index (χ3n) is 7.69. The quantitative estimate of drug-likeness (QED) is 0.759. The van der Waals surface area contributed by atoms with Gasteiger partial charge >= 0.3 is 0 Å². The average molecular weight is 377 g/mol. The molecule has 2 aliphatic carbocycles. The van der Waals surface area contributed by atoms with Crippen LogP contribution in [0.25, 0.3) is 0 Å². The molecule has 0 aromatic heterocycles. The molecule has 0 amide bonds. The molecule has 2 aromatic carbocycles. The predicted molar refractivity (Wildman–Crippen MR) is 116 cm³/mol. The monoisotopic (exact) mass is 376 g/mol. The first-order valence-corrected chi connectivity index (χ1v) is 10.9. The summed E-state index contributed by atoms with van der Waals surface area (Å²) in [6.07, 6.45) is 5.38. The maximum absolute atomic E-state index is 5.27. The van der Waals surface area contributed by atoms with Crippen LogP contribution in [0.5, 0.6) is 5.75 Å². The van der Waals surface area contributed by atoms with Crippen LogP contribution >= 0.6 is 0 Å². The van der Waals surface area contributed by atoms with Gasteiger partial charge in [-0.3, -0.25) is 4.90 Å². The van der Waals surface area contributed by atoms with E-state index in [1.807, 2.05) is 12.1 Å². The minimum absolute atomic E-state index is 0.288. The highest BCUT2D eigenvalue weighted by molar-refractivity contribution is 5.63. The van der Waals surface area contributed by atoms with E-state index in [1.54, 1.807) is 18.2 Å². The first-order chi connectivity index (χ1) is 13.6. The summed E-state index contributed by atoms with van der Waals surface area (Å²) in [7, 11) is 1.71. The van der Waals surface area contributed by atoms with Crippen LogP contribution < -0.4 is 10.1 Å². The van der Waals surface area contributed by atoms with E-state index in [0.717, 1.165) is 17.4 Å². The summed E-state index contributed by atoms with van der Waals surface area (Å²) < 4.78 is 5.27. The van der Waals surface area contributed by atoms with E-state index in [1.165, 1.54) is 44.5 Å². The van der Waals surface area contributed by atoms with Crippen molar-refractivity contribution in [3.05, 3.63) is 53.6 Å². The smallest absolute Gasteiger partial charge is 0.119 e. The van der Waals surface area contributed by atoms with Crippen molar-refractivity contribution in [1.82, 2.24) is 4.90 Å². The van der Waals surface area contributed by atoms with Crippen molar-refractivity contribution in [2.75, 3.05) is 25.5 Å². The molecule has 2 bridgehead atoms. The van der Waals surface area contributed by atoms with Gasteiger partial charge in [-0.25, -0.2) is 0 Å². The zero-order valence-corrected chi connectivity index (χ0v) is 17.4. The van der Waals surface area contributed by atoms with Gasteiger partial charge in [0.1, 0.15) is 5.75 Å². The third kappa shape index (κ3) is 3.10. The van der Waals surface area contributed by atoms with E-state index in [4.69, 9.17) is 4.74 Å². The van der Waals surface area contributed by atoms with E-state index in [-0.39, 0.29) is 5.41 Å². The molecule has 1 N–H and O–H groups in total. The molecule has 1 saturated carbocycles. The van der Waals surface area contributed by atoms with Gasteiger partial charge in [0.15, 0.2) is 0 Å². The molecule has 0 radical (unpaired) electrons. The van der Waals surface area contributed by atoms with Crippen LogP contribution in [-0.2, 0) is 11.8 Å². The minimum atomic E-state index is 0.288. The van der Waals surface area contributed by atoms with Gasteiger partial charge in [0.25, 0.3) is 0 Å². The fourth-order valence-electron chi connectivity index (χ4n) is 5.48. The van der Waals surface area contributed by atoms with Crippen LogP contribution in [0, 0.1) is 11.8 Å². The normalized spacial score (nSPS) is 29.2. The molecule has 2 fully saturated rings. The lowest BCUT2D eigenvalue weighted by Gasteiger charge is -2.55. The Morgan fingerprint density at radius 3 is 2.57 bits per heavy atom. The molecule has 148 valence electrons. The zero-order chi connectivity index (χ0) is 19.3. The van der Waals surface area contributed by atoms with E-state index in [2.05, 4.69) is 54.4 Å². The Morgan fingerprint density at radius 2 is 1.86 bits per heavy atom. The van der Waals surface area contributed by atoms with Crippen LogP contribution in [-0.4, -0.2) is 31.1 Å². The molecule has 3 nitrogen and oxygen atoms in total. The summed E-state index contributed by atoms with van der Waals surface area (Å²) in [6.45, 7) is 7.60.